The number of hydrogen-bond acceptors (Lipinski definition) is 4. The Kier molecular flexibility index (Phi) is 5.81. The Labute approximate surface area is 157 Å². The van der Waals surface area contributed by atoms with Crippen LogP contribution >= 0.6 is 15.9 Å². The molecule has 3 rings (SSSR count). The number of benzene rings is 1. The maximum Gasteiger partial charge on any atom is 0.287 e. The van der Waals surface area contributed by atoms with Gasteiger partial charge < -0.3 is 14.6 Å². The zero-order valence-electron chi connectivity index (χ0n) is 14.7. The van der Waals surface area contributed by atoms with Gasteiger partial charge in [0.1, 0.15) is 0 Å². The zero-order valence-corrected chi connectivity index (χ0v) is 16.3. The summed E-state index contributed by atoms with van der Waals surface area (Å²) in [5.41, 5.74) is 2.40. The molecule has 0 saturated carbocycles. The van der Waals surface area contributed by atoms with E-state index >= 15 is 0 Å². The highest BCUT2D eigenvalue weighted by Crippen LogP contribution is 2.26. The molecule has 0 aliphatic carbocycles. The van der Waals surface area contributed by atoms with E-state index in [1.54, 1.807) is 12.1 Å². The van der Waals surface area contributed by atoms with Gasteiger partial charge in [-0.25, -0.2) is 0 Å². The van der Waals surface area contributed by atoms with Gasteiger partial charge in [0.2, 0.25) is 0 Å². The molecule has 5 nitrogen and oxygen atoms in total. The van der Waals surface area contributed by atoms with Crippen LogP contribution in [-0.4, -0.2) is 44.5 Å². The van der Waals surface area contributed by atoms with E-state index in [2.05, 4.69) is 55.3 Å². The number of carbonyl (C=O) groups is 1. The van der Waals surface area contributed by atoms with Crippen molar-refractivity contribution < 1.29 is 9.21 Å². The number of halogens is 1. The summed E-state index contributed by atoms with van der Waals surface area (Å²) in [6.45, 7) is 2.71. The lowest BCUT2D eigenvalue weighted by molar-refractivity contribution is 0.0909. The van der Waals surface area contributed by atoms with Gasteiger partial charge in [-0.3, -0.25) is 9.69 Å². The van der Waals surface area contributed by atoms with E-state index in [-0.39, 0.29) is 11.9 Å². The van der Waals surface area contributed by atoms with Crippen LogP contribution < -0.4 is 10.2 Å². The Hall–Kier alpha value is -1.79. The number of carbonyl (C=O) groups excluding carboxylic acids is 1. The minimum absolute atomic E-state index is 0.181. The second-order valence-electron chi connectivity index (χ2n) is 6.56. The molecule has 25 heavy (non-hydrogen) atoms. The van der Waals surface area contributed by atoms with Gasteiger partial charge in [-0.1, -0.05) is 12.1 Å². The second kappa shape index (κ2) is 8.06. The normalized spacial score (nSPS) is 16.0. The van der Waals surface area contributed by atoms with E-state index in [0.717, 1.165) is 13.1 Å². The highest BCUT2D eigenvalue weighted by atomic mass is 79.9. The first-order chi connectivity index (χ1) is 12.0. The minimum atomic E-state index is -0.181. The lowest BCUT2D eigenvalue weighted by Crippen LogP contribution is -2.36. The number of furan rings is 1. The molecule has 2 aromatic rings. The van der Waals surface area contributed by atoms with Crippen LogP contribution in [-0.2, 0) is 0 Å². The van der Waals surface area contributed by atoms with Crippen molar-refractivity contribution in [3.8, 4) is 0 Å². The fourth-order valence-electron chi connectivity index (χ4n) is 3.22. The molecule has 1 aliphatic heterocycles. The topological polar surface area (TPSA) is 48.7 Å². The van der Waals surface area contributed by atoms with Gasteiger partial charge >= 0.3 is 0 Å². The number of hydrogen-bond donors (Lipinski definition) is 1. The highest BCUT2D eigenvalue weighted by molar-refractivity contribution is 9.10. The molecular formula is C19H24BrN3O2. The summed E-state index contributed by atoms with van der Waals surface area (Å²) in [4.78, 5) is 16.8. The van der Waals surface area contributed by atoms with Gasteiger partial charge in [0, 0.05) is 26.3 Å². The molecule has 1 unspecified atom stereocenters. The molecule has 0 bridgehead atoms. The maximum atomic E-state index is 12.3. The standard InChI is InChI=1S/C19H24BrN3O2/c1-22(2)15-7-5-14(6-8-15)16(23-11-3-4-12-23)13-21-19(24)17-9-10-18(20)25-17/h5-10,16H,3-4,11-13H2,1-2H3,(H,21,24). The monoisotopic (exact) mass is 405 g/mol. The highest BCUT2D eigenvalue weighted by Gasteiger charge is 2.24. The zero-order chi connectivity index (χ0) is 17.8. The van der Waals surface area contributed by atoms with Crippen LogP contribution in [0.2, 0.25) is 0 Å². The Morgan fingerprint density at radius 2 is 1.88 bits per heavy atom. The predicted molar refractivity (Wildman–Crippen MR) is 103 cm³/mol. The van der Waals surface area contributed by atoms with Gasteiger partial charge in [-0.2, -0.15) is 0 Å². The molecular weight excluding hydrogens is 382 g/mol. The molecule has 0 radical (unpaired) electrons. The lowest BCUT2D eigenvalue weighted by atomic mass is 10.0. The third kappa shape index (κ3) is 4.44. The Bertz CT molecular complexity index is 706. The average Bonchev–Trinajstić information content (AvgIpc) is 3.27. The smallest absolute Gasteiger partial charge is 0.287 e. The fourth-order valence-corrected chi connectivity index (χ4v) is 3.53. The summed E-state index contributed by atoms with van der Waals surface area (Å²) in [5.74, 6) is 0.148. The number of likely N-dealkylation sites (tertiary alicyclic amines) is 1. The number of anilines is 1. The van der Waals surface area contributed by atoms with Crippen LogP contribution in [0.3, 0.4) is 0 Å². The molecule has 0 spiro atoms. The summed E-state index contributed by atoms with van der Waals surface area (Å²) in [5, 5.41) is 3.02. The first-order valence-electron chi connectivity index (χ1n) is 8.59. The third-order valence-electron chi connectivity index (χ3n) is 4.63. The molecule has 1 aromatic carbocycles. The van der Waals surface area contributed by atoms with Crippen LogP contribution in [0, 0.1) is 0 Å². The molecule has 1 fully saturated rings. The number of rotatable bonds is 6. The Morgan fingerprint density at radius 3 is 2.44 bits per heavy atom. The Morgan fingerprint density at radius 1 is 1.20 bits per heavy atom. The molecule has 1 N–H and O–H groups in total. The largest absolute Gasteiger partial charge is 0.444 e. The van der Waals surface area contributed by atoms with E-state index in [9.17, 15) is 4.79 Å². The molecule has 1 saturated heterocycles. The maximum absolute atomic E-state index is 12.3. The molecule has 1 aliphatic rings. The van der Waals surface area contributed by atoms with Gasteiger partial charge in [0.25, 0.3) is 5.91 Å². The SMILES string of the molecule is CN(C)c1ccc(C(CNC(=O)c2ccc(Br)o2)N2CCCC2)cc1. The van der Waals surface area contributed by atoms with Crippen molar-refractivity contribution in [2.45, 2.75) is 18.9 Å². The number of nitrogens with one attached hydrogen (secondary N) is 1. The fraction of sp³-hybridized carbons (Fsp3) is 0.421. The van der Waals surface area contributed by atoms with Crippen LogP contribution in [0.25, 0.3) is 0 Å². The van der Waals surface area contributed by atoms with Crippen molar-refractivity contribution in [2.75, 3.05) is 38.6 Å². The Balaban J connectivity index is 1.72. The molecule has 134 valence electrons. The van der Waals surface area contributed by atoms with E-state index in [1.807, 2.05) is 14.1 Å². The average molecular weight is 406 g/mol. The van der Waals surface area contributed by atoms with Crippen molar-refractivity contribution in [3.05, 3.63) is 52.4 Å². The minimum Gasteiger partial charge on any atom is -0.444 e. The summed E-state index contributed by atoms with van der Waals surface area (Å²) in [6, 6.07) is 12.2. The summed E-state index contributed by atoms with van der Waals surface area (Å²) in [6.07, 6.45) is 2.43. The molecule has 6 heteroatoms. The van der Waals surface area contributed by atoms with E-state index in [0.29, 0.717) is 17.0 Å². The van der Waals surface area contributed by atoms with Gasteiger partial charge in [-0.05, 0) is 71.7 Å². The molecule has 1 atom stereocenters. The van der Waals surface area contributed by atoms with Crippen molar-refractivity contribution in [2.24, 2.45) is 0 Å². The number of amides is 1. The van der Waals surface area contributed by atoms with Crippen LogP contribution in [0.4, 0.5) is 5.69 Å². The van der Waals surface area contributed by atoms with Gasteiger partial charge in [-0.15, -0.1) is 0 Å². The third-order valence-corrected chi connectivity index (χ3v) is 5.05. The first-order valence-corrected chi connectivity index (χ1v) is 9.39. The molecule has 1 aromatic heterocycles. The lowest BCUT2D eigenvalue weighted by Gasteiger charge is -2.28. The second-order valence-corrected chi connectivity index (χ2v) is 7.34. The van der Waals surface area contributed by atoms with Crippen LogP contribution in [0.5, 0.6) is 0 Å². The first kappa shape index (κ1) is 18.0. The number of nitrogens with zero attached hydrogens (tertiary/aromatic N) is 2. The van der Waals surface area contributed by atoms with Gasteiger partial charge in [0.05, 0.1) is 6.04 Å². The van der Waals surface area contributed by atoms with E-state index < -0.39 is 0 Å². The van der Waals surface area contributed by atoms with E-state index in [1.165, 1.54) is 24.1 Å². The quantitative estimate of drug-likeness (QED) is 0.796. The van der Waals surface area contributed by atoms with Crippen molar-refractivity contribution in [1.29, 1.82) is 0 Å². The predicted octanol–water partition coefficient (Wildman–Crippen LogP) is 3.68. The van der Waals surface area contributed by atoms with Crippen molar-refractivity contribution in [1.82, 2.24) is 10.2 Å². The summed E-state index contributed by atoms with van der Waals surface area (Å²) in [7, 11) is 4.07. The summed E-state index contributed by atoms with van der Waals surface area (Å²) >= 11 is 3.23. The van der Waals surface area contributed by atoms with Crippen LogP contribution in [0.1, 0.15) is 35.0 Å². The van der Waals surface area contributed by atoms with Gasteiger partial charge in [0.15, 0.2) is 10.4 Å². The van der Waals surface area contributed by atoms with Crippen molar-refractivity contribution in [3.63, 3.8) is 0 Å². The summed E-state index contributed by atoms with van der Waals surface area (Å²) < 4.78 is 5.90. The molecule has 1 amide bonds. The van der Waals surface area contributed by atoms with Crippen LogP contribution in [0.15, 0.2) is 45.5 Å². The molecule has 2 heterocycles. The van der Waals surface area contributed by atoms with Crippen molar-refractivity contribution >= 4 is 27.5 Å². The van der Waals surface area contributed by atoms with E-state index in [4.69, 9.17) is 4.42 Å².